The summed E-state index contributed by atoms with van der Waals surface area (Å²) in [6, 6.07) is 18.1. The lowest BCUT2D eigenvalue weighted by Crippen LogP contribution is -2.12. The Bertz CT molecular complexity index is 1760. The van der Waals surface area contributed by atoms with Gasteiger partial charge in [0.15, 0.2) is 0 Å². The molecule has 0 radical (unpaired) electrons. The van der Waals surface area contributed by atoms with Crippen molar-refractivity contribution < 1.29 is 0 Å². The van der Waals surface area contributed by atoms with Crippen molar-refractivity contribution in [3.63, 3.8) is 0 Å². The first kappa shape index (κ1) is 76.4. The van der Waals surface area contributed by atoms with Crippen molar-refractivity contribution in [2.75, 3.05) is 0 Å². The van der Waals surface area contributed by atoms with Crippen molar-refractivity contribution >= 4 is 28.9 Å². The summed E-state index contributed by atoms with van der Waals surface area (Å²) >= 11 is 0. The third kappa shape index (κ3) is 51.1. The molecule has 2 aromatic carbocycles. The number of nitrogens with zero attached hydrogens (tertiary/aromatic N) is 2. The molecule has 2 heteroatoms. The maximum absolute atomic E-state index is 5.54. The minimum Gasteiger partial charge on any atom is -0.251 e. The molecule has 0 heterocycles. The number of aryl methyl sites for hydroxylation is 1. The summed E-state index contributed by atoms with van der Waals surface area (Å²) in [7, 11) is 0. The first-order valence-electron chi connectivity index (χ1n) is 37.9. The Morgan fingerprint density at radius 2 is 0.627 bits per heavy atom. The fourth-order valence-electron chi connectivity index (χ4n) is 12.4. The molecule has 476 valence electrons. The molecule has 0 N–H and O–H groups in total. The minimum absolute atomic E-state index is 0.969. The van der Waals surface area contributed by atoms with Crippen LogP contribution in [-0.4, -0.2) is 11.4 Å². The molecule has 0 aliphatic heterocycles. The van der Waals surface area contributed by atoms with Crippen molar-refractivity contribution in [2.24, 2.45) is 9.98 Å². The molecule has 2 rings (SSSR count). The Labute approximate surface area is 520 Å². The number of hydrogen-bond donors (Lipinski definition) is 0. The monoisotopic (exact) mass is 1140 g/mol. The molecular weight excluding hydrogens is 1000 g/mol. The van der Waals surface area contributed by atoms with E-state index in [9.17, 15) is 0 Å². The Kier molecular flexibility index (Phi) is 57.3. The summed E-state index contributed by atoms with van der Waals surface area (Å²) in [4.78, 5) is 11.1. The van der Waals surface area contributed by atoms with Gasteiger partial charge in [-0.2, -0.15) is 0 Å². The van der Waals surface area contributed by atoms with Gasteiger partial charge in [0.1, 0.15) is 0 Å². The molecular formula is C81H142N2. The molecule has 0 unspecified atom stereocenters. The fraction of sp³-hybridized carbons (Fsp3) is 0.778. The normalized spacial score (nSPS) is 12.3. The summed E-state index contributed by atoms with van der Waals surface area (Å²) in [5, 5.41) is 0. The molecule has 0 aromatic heterocycles. The number of benzene rings is 2. The van der Waals surface area contributed by atoms with Crippen molar-refractivity contribution in [3.8, 4) is 0 Å². The third-order valence-electron chi connectivity index (χ3n) is 18.0. The van der Waals surface area contributed by atoms with E-state index >= 15 is 0 Å². The van der Waals surface area contributed by atoms with Gasteiger partial charge < -0.3 is 0 Å². The average molecular weight is 1140 g/mol. The quantitative estimate of drug-likeness (QED) is 0.0466. The lowest BCUT2D eigenvalue weighted by atomic mass is 10.0. The zero-order chi connectivity index (χ0) is 59.1. The first-order chi connectivity index (χ1) is 41.2. The molecule has 0 spiro atoms. The second kappa shape index (κ2) is 62.3. The molecule has 0 bridgehead atoms. The second-order valence-electron chi connectivity index (χ2n) is 26.2. The summed E-state index contributed by atoms with van der Waals surface area (Å²) in [6.45, 7) is 9.22. The Hall–Kier alpha value is -2.74. The highest BCUT2D eigenvalue weighted by atomic mass is 14.8. The number of rotatable bonds is 64. The SMILES string of the molecule is CCCC/C=C/c1cccc(N=C(CCCCCCCCCCCCCCCCCCCC)C(/C=C/CCCCCCCCCCCCCCCCCCCCCC)=Nc2cccc(CCCCCCCCCCCCCCCCC)c2)c1. The van der Waals surface area contributed by atoms with Crippen LogP contribution in [0.5, 0.6) is 0 Å². The van der Waals surface area contributed by atoms with Gasteiger partial charge >= 0.3 is 0 Å². The highest BCUT2D eigenvalue weighted by molar-refractivity contribution is 6.47. The smallest absolute Gasteiger partial charge is 0.0848 e. The van der Waals surface area contributed by atoms with Crippen LogP contribution in [0.4, 0.5) is 11.4 Å². The second-order valence-corrected chi connectivity index (χ2v) is 26.2. The molecule has 0 atom stereocenters. The fourth-order valence-corrected chi connectivity index (χ4v) is 12.4. The van der Waals surface area contributed by atoms with Crippen molar-refractivity contribution in [1.29, 1.82) is 0 Å². The van der Waals surface area contributed by atoms with E-state index in [0.29, 0.717) is 0 Å². The summed E-state index contributed by atoms with van der Waals surface area (Å²) in [6.07, 6.45) is 91.1. The Balaban J connectivity index is 1.99. The van der Waals surface area contributed by atoms with Crippen LogP contribution in [0.3, 0.4) is 0 Å². The highest BCUT2D eigenvalue weighted by Crippen LogP contribution is 2.24. The highest BCUT2D eigenvalue weighted by Gasteiger charge is 2.10. The van der Waals surface area contributed by atoms with E-state index in [2.05, 4.69) is 101 Å². The minimum atomic E-state index is 0.969. The van der Waals surface area contributed by atoms with Gasteiger partial charge in [0, 0.05) is 0 Å². The van der Waals surface area contributed by atoms with Crippen LogP contribution in [0.2, 0.25) is 0 Å². The van der Waals surface area contributed by atoms with Gasteiger partial charge in [0.2, 0.25) is 0 Å². The summed E-state index contributed by atoms with van der Waals surface area (Å²) in [5.41, 5.74) is 7.03. The van der Waals surface area contributed by atoms with Crippen molar-refractivity contribution in [2.45, 2.75) is 407 Å². The van der Waals surface area contributed by atoms with Crippen molar-refractivity contribution in [3.05, 3.63) is 77.9 Å². The van der Waals surface area contributed by atoms with Crippen LogP contribution in [0, 0.1) is 0 Å². The maximum Gasteiger partial charge on any atom is 0.0848 e. The van der Waals surface area contributed by atoms with Crippen LogP contribution in [0.15, 0.2) is 76.7 Å². The van der Waals surface area contributed by atoms with E-state index < -0.39 is 0 Å². The number of allylic oxidation sites excluding steroid dienone is 3. The van der Waals surface area contributed by atoms with Gasteiger partial charge in [-0.15, -0.1) is 0 Å². The van der Waals surface area contributed by atoms with Crippen molar-refractivity contribution in [1.82, 2.24) is 0 Å². The third-order valence-corrected chi connectivity index (χ3v) is 18.0. The van der Waals surface area contributed by atoms with Gasteiger partial charge in [-0.3, -0.25) is 4.99 Å². The number of aliphatic imine (C=N–C) groups is 2. The largest absolute Gasteiger partial charge is 0.251 e. The summed E-state index contributed by atoms with van der Waals surface area (Å²) < 4.78 is 0. The van der Waals surface area contributed by atoms with E-state index in [1.54, 1.807) is 0 Å². The van der Waals surface area contributed by atoms with Crippen LogP contribution in [-0.2, 0) is 6.42 Å². The molecule has 2 nitrogen and oxygen atoms in total. The van der Waals surface area contributed by atoms with E-state index in [-0.39, 0.29) is 0 Å². The molecule has 0 aliphatic rings. The standard InChI is InChI=1S/C81H142N2/c1-5-9-13-17-20-23-26-29-32-34-36-37-38-39-41-44-47-50-53-56-59-63-73-81(83-79-71-65-69-77(75-79)67-61-57-54-51-48-45-42-31-28-25-22-19-15-11-7-3)80(82-78-70-64-68-76(74-78)66-60-16-12-8-4)72-62-58-55-52-49-46-43-40-35-33-30-27-24-21-18-14-10-6-2/h60,63-66,68-71,73-75H,5-59,61-62,67,72H2,1-4H3/b66-60+,73-63+,82-80?,83-81?. The molecule has 0 amide bonds. The van der Waals surface area contributed by atoms with Crippen LogP contribution < -0.4 is 0 Å². The van der Waals surface area contributed by atoms with Gasteiger partial charge in [-0.25, -0.2) is 4.99 Å². The average Bonchev–Trinajstić information content (AvgIpc) is 3.52. The molecule has 0 fully saturated rings. The molecule has 2 aromatic rings. The molecule has 0 saturated heterocycles. The predicted molar refractivity (Wildman–Crippen MR) is 379 cm³/mol. The summed E-state index contributed by atoms with van der Waals surface area (Å²) in [5.74, 6) is 0. The lowest BCUT2D eigenvalue weighted by molar-refractivity contribution is 0.522. The zero-order valence-electron chi connectivity index (χ0n) is 56.5. The molecule has 83 heavy (non-hydrogen) atoms. The number of unbranched alkanes of at least 4 members (excludes halogenated alkanes) is 53. The first-order valence-corrected chi connectivity index (χ1v) is 37.9. The molecule has 0 aliphatic carbocycles. The van der Waals surface area contributed by atoms with E-state index in [1.165, 1.54) is 364 Å². The van der Waals surface area contributed by atoms with Gasteiger partial charge in [0.05, 0.1) is 22.8 Å². The van der Waals surface area contributed by atoms with E-state index in [0.717, 1.165) is 48.5 Å². The van der Waals surface area contributed by atoms with Gasteiger partial charge in [-0.1, -0.05) is 404 Å². The van der Waals surface area contributed by atoms with Gasteiger partial charge in [-0.05, 0) is 86.4 Å². The zero-order valence-corrected chi connectivity index (χ0v) is 56.5. The van der Waals surface area contributed by atoms with E-state index in [4.69, 9.17) is 9.98 Å². The van der Waals surface area contributed by atoms with Crippen LogP contribution >= 0.6 is 0 Å². The Morgan fingerprint density at radius 1 is 0.301 bits per heavy atom. The molecule has 0 saturated carbocycles. The topological polar surface area (TPSA) is 24.7 Å². The van der Waals surface area contributed by atoms with Gasteiger partial charge in [0.25, 0.3) is 0 Å². The lowest BCUT2D eigenvalue weighted by Gasteiger charge is -2.10. The Morgan fingerprint density at radius 3 is 1.02 bits per heavy atom. The van der Waals surface area contributed by atoms with E-state index in [1.807, 2.05) is 0 Å². The van der Waals surface area contributed by atoms with Crippen LogP contribution in [0.1, 0.15) is 411 Å². The van der Waals surface area contributed by atoms with Crippen LogP contribution in [0.25, 0.3) is 6.08 Å². The predicted octanol–water partition coefficient (Wildman–Crippen LogP) is 29.3. The number of hydrogen-bond acceptors (Lipinski definition) is 2. The maximum atomic E-state index is 5.54.